The Morgan fingerprint density at radius 1 is 0.733 bits per heavy atom. The topological polar surface area (TPSA) is 166 Å². The van der Waals surface area contributed by atoms with Crippen molar-refractivity contribution in [3.05, 3.63) is 0 Å². The zero-order valence-electron chi connectivity index (χ0n) is 7.80. The highest BCUT2D eigenvalue weighted by Gasteiger charge is 2.48. The van der Waals surface area contributed by atoms with Gasteiger partial charge < -0.3 is 37.0 Å². The van der Waals surface area contributed by atoms with Crippen molar-refractivity contribution in [3.8, 4) is 0 Å². The van der Waals surface area contributed by atoms with Crippen molar-refractivity contribution in [1.82, 2.24) is 0 Å². The van der Waals surface area contributed by atoms with Crippen molar-refractivity contribution in [1.29, 1.82) is 0 Å². The van der Waals surface area contributed by atoms with Gasteiger partial charge in [0.25, 0.3) is 0 Å². The van der Waals surface area contributed by atoms with Crippen molar-refractivity contribution in [2.24, 2.45) is 16.5 Å². The zero-order valence-corrected chi connectivity index (χ0v) is 7.80. The second kappa shape index (κ2) is 4.29. The number of aliphatic imine (C=N–C) groups is 1. The van der Waals surface area contributed by atoms with Gasteiger partial charge in [0.05, 0.1) is 0 Å². The fraction of sp³-hybridized carbons (Fsp3) is 0.857. The molecule has 2 unspecified atom stereocenters. The van der Waals surface area contributed by atoms with E-state index in [1.54, 1.807) is 0 Å². The lowest BCUT2D eigenvalue weighted by atomic mass is 9.83. The minimum Gasteiger partial charge on any atom is -0.388 e. The molecule has 15 heavy (non-hydrogen) atoms. The van der Waals surface area contributed by atoms with E-state index in [2.05, 4.69) is 4.99 Å². The van der Waals surface area contributed by atoms with Crippen molar-refractivity contribution in [2.45, 2.75) is 36.6 Å². The van der Waals surface area contributed by atoms with Gasteiger partial charge in [-0.15, -0.1) is 0 Å². The first-order valence-electron chi connectivity index (χ1n) is 4.35. The van der Waals surface area contributed by atoms with E-state index in [4.69, 9.17) is 11.5 Å². The molecule has 0 radical (unpaired) electrons. The fourth-order valence-electron chi connectivity index (χ4n) is 1.54. The van der Waals surface area contributed by atoms with E-state index in [-0.39, 0.29) is 0 Å². The highest BCUT2D eigenvalue weighted by molar-refractivity contribution is 5.76. The number of hydrogen-bond acceptors (Lipinski definition) is 6. The summed E-state index contributed by atoms with van der Waals surface area (Å²) in [6, 6.07) is -1.26. The molecule has 0 aromatic rings. The second-order valence-corrected chi connectivity index (χ2v) is 3.50. The maximum absolute atomic E-state index is 9.45. The van der Waals surface area contributed by atoms with Gasteiger partial charge >= 0.3 is 0 Å². The Balaban J connectivity index is 2.91. The molecule has 0 spiro atoms. The average molecular weight is 221 g/mol. The van der Waals surface area contributed by atoms with E-state index >= 15 is 0 Å². The summed E-state index contributed by atoms with van der Waals surface area (Å²) in [4.78, 5) is 3.47. The molecule has 0 amide bonds. The van der Waals surface area contributed by atoms with Crippen LogP contribution in [-0.4, -0.2) is 68.1 Å². The van der Waals surface area contributed by atoms with E-state index in [1.165, 1.54) is 0 Å². The van der Waals surface area contributed by atoms with Crippen LogP contribution in [0.25, 0.3) is 0 Å². The van der Waals surface area contributed by atoms with Crippen LogP contribution in [-0.2, 0) is 0 Å². The maximum Gasteiger partial charge on any atom is 0.186 e. The van der Waals surface area contributed by atoms with E-state index < -0.39 is 42.5 Å². The number of aliphatic hydroxyl groups excluding tert-OH is 5. The van der Waals surface area contributed by atoms with E-state index in [1.807, 2.05) is 0 Å². The van der Waals surface area contributed by atoms with Gasteiger partial charge in [-0.2, -0.15) is 0 Å². The minimum absolute atomic E-state index is 0.395. The third kappa shape index (κ3) is 2.19. The Bertz CT molecular complexity index is 241. The van der Waals surface area contributed by atoms with Crippen LogP contribution in [0.15, 0.2) is 4.99 Å². The van der Waals surface area contributed by atoms with Crippen LogP contribution in [0.3, 0.4) is 0 Å². The zero-order chi connectivity index (χ0) is 11.7. The lowest BCUT2D eigenvalue weighted by Crippen LogP contribution is -2.63. The van der Waals surface area contributed by atoms with Gasteiger partial charge in [-0.25, -0.2) is 4.99 Å². The molecular formula is C7H15N3O5. The Kier molecular flexibility index (Phi) is 3.47. The first-order chi connectivity index (χ1) is 6.86. The van der Waals surface area contributed by atoms with Gasteiger partial charge in [0.15, 0.2) is 5.96 Å². The molecular weight excluding hydrogens is 206 g/mol. The first kappa shape index (κ1) is 12.1. The summed E-state index contributed by atoms with van der Waals surface area (Å²) in [6.07, 6.45) is -7.95. The summed E-state index contributed by atoms with van der Waals surface area (Å²) in [6.45, 7) is 0. The Morgan fingerprint density at radius 3 is 1.40 bits per heavy atom. The van der Waals surface area contributed by atoms with E-state index in [0.29, 0.717) is 0 Å². The molecule has 6 atom stereocenters. The molecule has 1 fully saturated rings. The molecule has 0 aliphatic heterocycles. The van der Waals surface area contributed by atoms with Crippen molar-refractivity contribution < 1.29 is 25.5 Å². The molecule has 0 aromatic heterocycles. The molecule has 8 nitrogen and oxygen atoms in total. The van der Waals surface area contributed by atoms with Gasteiger partial charge in [-0.05, 0) is 0 Å². The van der Waals surface area contributed by atoms with Crippen LogP contribution in [0.2, 0.25) is 0 Å². The highest BCUT2D eigenvalue weighted by atomic mass is 16.4. The predicted octanol–water partition coefficient (Wildman–Crippen LogP) is -4.55. The Labute approximate surface area is 85.5 Å². The van der Waals surface area contributed by atoms with Gasteiger partial charge in [0.1, 0.15) is 36.6 Å². The molecule has 9 N–H and O–H groups in total. The summed E-state index contributed by atoms with van der Waals surface area (Å²) < 4.78 is 0. The lowest BCUT2D eigenvalue weighted by molar-refractivity contribution is -0.184. The fourth-order valence-corrected chi connectivity index (χ4v) is 1.54. The molecule has 1 saturated carbocycles. The second-order valence-electron chi connectivity index (χ2n) is 3.50. The monoisotopic (exact) mass is 221 g/mol. The number of rotatable bonds is 1. The van der Waals surface area contributed by atoms with Crippen LogP contribution in [0.1, 0.15) is 0 Å². The highest BCUT2D eigenvalue weighted by Crippen LogP contribution is 2.23. The largest absolute Gasteiger partial charge is 0.388 e. The maximum atomic E-state index is 9.45. The SMILES string of the molecule is NC(N)=NC1[C@@H](O)[C@H](O)C(O)[C@H](O)[C@H]1O. The third-order valence-corrected chi connectivity index (χ3v) is 2.40. The smallest absolute Gasteiger partial charge is 0.186 e. The number of hydrogen-bond donors (Lipinski definition) is 7. The number of guanidine groups is 1. The molecule has 0 saturated heterocycles. The molecule has 1 aliphatic rings. The predicted molar refractivity (Wildman–Crippen MR) is 49.6 cm³/mol. The first-order valence-corrected chi connectivity index (χ1v) is 4.35. The standard InChI is InChI=1S/C7H15N3O5/c8-7(9)10-1-2(11)4(13)6(15)5(14)3(1)12/h1-6,11-15H,(H4,8,9,10)/t1?,2-,3+,4+,5-,6?. The summed E-state index contributed by atoms with van der Waals surface area (Å²) in [7, 11) is 0. The third-order valence-electron chi connectivity index (χ3n) is 2.40. The van der Waals surface area contributed by atoms with Crippen LogP contribution in [0.4, 0.5) is 0 Å². The molecule has 1 rings (SSSR count). The van der Waals surface area contributed by atoms with Crippen LogP contribution in [0, 0.1) is 0 Å². The molecule has 88 valence electrons. The Morgan fingerprint density at radius 2 is 1.07 bits per heavy atom. The molecule has 0 aromatic carbocycles. The normalized spacial score (nSPS) is 46.2. The van der Waals surface area contributed by atoms with Crippen molar-refractivity contribution >= 4 is 5.96 Å². The summed E-state index contributed by atoms with van der Waals surface area (Å²) in [5, 5.41) is 46.7. The van der Waals surface area contributed by atoms with Gasteiger partial charge in [-0.1, -0.05) is 0 Å². The molecule has 0 heterocycles. The van der Waals surface area contributed by atoms with Crippen LogP contribution < -0.4 is 11.5 Å². The number of nitrogens with zero attached hydrogens (tertiary/aromatic N) is 1. The molecule has 8 heteroatoms. The summed E-state index contributed by atoms with van der Waals surface area (Å²) in [5.74, 6) is -0.395. The Hall–Kier alpha value is -0.930. The average Bonchev–Trinajstić information content (AvgIpc) is 2.18. The van der Waals surface area contributed by atoms with E-state index in [0.717, 1.165) is 0 Å². The molecule has 0 bridgehead atoms. The summed E-state index contributed by atoms with van der Waals surface area (Å²) in [5.41, 5.74) is 10.1. The summed E-state index contributed by atoms with van der Waals surface area (Å²) >= 11 is 0. The lowest BCUT2D eigenvalue weighted by Gasteiger charge is -2.39. The van der Waals surface area contributed by atoms with Crippen molar-refractivity contribution in [3.63, 3.8) is 0 Å². The minimum atomic E-state index is -1.64. The quantitative estimate of drug-likeness (QED) is 0.173. The van der Waals surface area contributed by atoms with Gasteiger partial charge in [0, 0.05) is 0 Å². The molecule has 1 aliphatic carbocycles. The number of nitrogens with two attached hydrogens (primary N) is 2. The number of aliphatic hydroxyl groups is 5. The van der Waals surface area contributed by atoms with Gasteiger partial charge in [-0.3, -0.25) is 0 Å². The van der Waals surface area contributed by atoms with E-state index in [9.17, 15) is 25.5 Å². The van der Waals surface area contributed by atoms with Crippen LogP contribution in [0.5, 0.6) is 0 Å². The van der Waals surface area contributed by atoms with Crippen molar-refractivity contribution in [2.75, 3.05) is 0 Å². The van der Waals surface area contributed by atoms with Crippen LogP contribution >= 0.6 is 0 Å². The van der Waals surface area contributed by atoms with Gasteiger partial charge in [0.2, 0.25) is 0 Å².